The van der Waals surface area contributed by atoms with E-state index in [9.17, 15) is 4.79 Å². The molecule has 3 heteroatoms. The molecule has 0 atom stereocenters. The number of amides is 1. The molecule has 1 rings (SSSR count). The summed E-state index contributed by atoms with van der Waals surface area (Å²) in [7, 11) is 2.12. The van der Waals surface area contributed by atoms with Crippen LogP contribution in [-0.4, -0.2) is 47.9 Å². The van der Waals surface area contributed by atoms with E-state index in [0.717, 1.165) is 19.6 Å². The Kier molecular flexibility index (Phi) is 3.20. The van der Waals surface area contributed by atoms with Gasteiger partial charge in [0.1, 0.15) is 0 Å². The van der Waals surface area contributed by atoms with Crippen LogP contribution in [0.1, 0.15) is 27.7 Å². The zero-order valence-electron chi connectivity index (χ0n) is 10.0. The van der Waals surface area contributed by atoms with Gasteiger partial charge >= 0.3 is 0 Å². The van der Waals surface area contributed by atoms with Gasteiger partial charge < -0.3 is 4.90 Å². The van der Waals surface area contributed by atoms with Crippen LogP contribution in [0.25, 0.3) is 0 Å². The first-order valence-corrected chi connectivity index (χ1v) is 5.34. The van der Waals surface area contributed by atoms with Crippen LogP contribution in [0, 0.1) is 5.92 Å². The van der Waals surface area contributed by atoms with Crippen LogP contribution in [0.2, 0.25) is 0 Å². The van der Waals surface area contributed by atoms with Crippen molar-refractivity contribution in [3.63, 3.8) is 0 Å². The van der Waals surface area contributed by atoms with Crippen molar-refractivity contribution < 1.29 is 4.79 Å². The second-order valence-corrected chi connectivity index (χ2v) is 5.15. The van der Waals surface area contributed by atoms with Crippen molar-refractivity contribution in [1.29, 1.82) is 0 Å². The minimum absolute atomic E-state index is 0.114. The Morgan fingerprint density at radius 2 is 1.86 bits per heavy atom. The number of rotatable bonds is 1. The molecule has 3 nitrogen and oxygen atoms in total. The molecule has 0 N–H and O–H groups in total. The fourth-order valence-corrected chi connectivity index (χ4v) is 1.79. The minimum atomic E-state index is 0.114. The van der Waals surface area contributed by atoms with E-state index in [1.165, 1.54) is 0 Å². The summed E-state index contributed by atoms with van der Waals surface area (Å²) in [4.78, 5) is 16.1. The Morgan fingerprint density at radius 3 is 2.29 bits per heavy atom. The van der Waals surface area contributed by atoms with Crippen molar-refractivity contribution >= 4 is 5.91 Å². The highest BCUT2D eigenvalue weighted by Gasteiger charge is 2.33. The molecule has 0 spiro atoms. The summed E-state index contributed by atoms with van der Waals surface area (Å²) < 4.78 is 0. The Bertz CT molecular complexity index is 223. The number of hydrogen-bond acceptors (Lipinski definition) is 2. The lowest BCUT2D eigenvalue weighted by atomic mass is 9.98. The van der Waals surface area contributed by atoms with E-state index in [2.05, 4.69) is 25.8 Å². The van der Waals surface area contributed by atoms with Gasteiger partial charge in [-0.2, -0.15) is 0 Å². The highest BCUT2D eigenvalue weighted by molar-refractivity contribution is 5.78. The molecule has 0 unspecified atom stereocenters. The third-order valence-corrected chi connectivity index (χ3v) is 3.12. The molecule has 0 aromatic heterocycles. The van der Waals surface area contributed by atoms with E-state index in [-0.39, 0.29) is 17.4 Å². The number of piperazine rings is 1. The average molecular weight is 198 g/mol. The second-order valence-electron chi connectivity index (χ2n) is 5.15. The molecule has 0 bridgehead atoms. The molecule has 82 valence electrons. The molecule has 1 aliphatic rings. The van der Waals surface area contributed by atoms with Crippen LogP contribution in [0.15, 0.2) is 0 Å². The number of hydrogen-bond donors (Lipinski definition) is 0. The molecule has 0 saturated carbocycles. The third-order valence-electron chi connectivity index (χ3n) is 3.12. The summed E-state index contributed by atoms with van der Waals surface area (Å²) in [6.07, 6.45) is 0. The van der Waals surface area contributed by atoms with Crippen LogP contribution in [0.3, 0.4) is 0 Å². The summed E-state index contributed by atoms with van der Waals surface area (Å²) in [5.74, 6) is 0.403. The van der Waals surface area contributed by atoms with E-state index in [4.69, 9.17) is 0 Å². The second kappa shape index (κ2) is 3.89. The van der Waals surface area contributed by atoms with Crippen molar-refractivity contribution in [2.45, 2.75) is 33.2 Å². The normalized spacial score (nSPS) is 22.9. The van der Waals surface area contributed by atoms with Gasteiger partial charge in [0.15, 0.2) is 0 Å². The molecule has 14 heavy (non-hydrogen) atoms. The molecular weight excluding hydrogens is 176 g/mol. The molecule has 0 aromatic carbocycles. The minimum Gasteiger partial charge on any atom is -0.339 e. The first-order chi connectivity index (χ1) is 6.34. The van der Waals surface area contributed by atoms with Gasteiger partial charge in [-0.25, -0.2) is 0 Å². The van der Waals surface area contributed by atoms with Crippen LogP contribution < -0.4 is 0 Å². The molecule has 1 heterocycles. The van der Waals surface area contributed by atoms with Crippen LogP contribution in [0.4, 0.5) is 0 Å². The van der Waals surface area contributed by atoms with Crippen molar-refractivity contribution in [3.8, 4) is 0 Å². The molecule has 0 radical (unpaired) electrons. The highest BCUT2D eigenvalue weighted by Crippen LogP contribution is 2.19. The SMILES string of the molecule is CC(C)C(=O)N1CCN(C)C(C)(C)C1. The van der Waals surface area contributed by atoms with Gasteiger partial charge in [0.2, 0.25) is 5.91 Å². The third kappa shape index (κ3) is 2.27. The summed E-state index contributed by atoms with van der Waals surface area (Å²) in [5, 5.41) is 0. The first-order valence-electron chi connectivity index (χ1n) is 5.34. The lowest BCUT2D eigenvalue weighted by Gasteiger charge is -2.45. The number of likely N-dealkylation sites (N-methyl/N-ethyl adjacent to an activating group) is 1. The monoisotopic (exact) mass is 198 g/mol. The van der Waals surface area contributed by atoms with Crippen molar-refractivity contribution in [2.75, 3.05) is 26.7 Å². The Balaban J connectivity index is 2.64. The maximum absolute atomic E-state index is 11.8. The van der Waals surface area contributed by atoms with Gasteiger partial charge in [-0.05, 0) is 20.9 Å². The van der Waals surface area contributed by atoms with Crippen LogP contribution >= 0.6 is 0 Å². The van der Waals surface area contributed by atoms with E-state index in [0.29, 0.717) is 0 Å². The lowest BCUT2D eigenvalue weighted by Crippen LogP contribution is -2.59. The van der Waals surface area contributed by atoms with Gasteiger partial charge in [-0.1, -0.05) is 13.8 Å². The highest BCUT2D eigenvalue weighted by atomic mass is 16.2. The van der Waals surface area contributed by atoms with Crippen LogP contribution in [-0.2, 0) is 4.79 Å². The van der Waals surface area contributed by atoms with Gasteiger partial charge in [0.05, 0.1) is 0 Å². The van der Waals surface area contributed by atoms with Crippen LogP contribution in [0.5, 0.6) is 0 Å². The standard InChI is InChI=1S/C11H22N2O/c1-9(2)10(14)13-7-6-12(5)11(3,4)8-13/h9H,6-8H2,1-5H3. The maximum Gasteiger partial charge on any atom is 0.225 e. The molecular formula is C11H22N2O. The van der Waals surface area contributed by atoms with E-state index >= 15 is 0 Å². The van der Waals surface area contributed by atoms with Gasteiger partial charge in [0.25, 0.3) is 0 Å². The average Bonchev–Trinajstić information content (AvgIpc) is 2.08. The molecule has 0 aromatic rings. The zero-order chi connectivity index (χ0) is 10.9. The Morgan fingerprint density at radius 1 is 1.29 bits per heavy atom. The molecule has 1 fully saturated rings. The topological polar surface area (TPSA) is 23.6 Å². The van der Waals surface area contributed by atoms with Gasteiger partial charge in [0, 0.05) is 31.1 Å². The smallest absolute Gasteiger partial charge is 0.225 e. The summed E-state index contributed by atoms with van der Waals surface area (Å²) in [6.45, 7) is 11.0. The summed E-state index contributed by atoms with van der Waals surface area (Å²) in [5.41, 5.74) is 0.114. The predicted molar refractivity (Wildman–Crippen MR) is 58.1 cm³/mol. The fourth-order valence-electron chi connectivity index (χ4n) is 1.79. The van der Waals surface area contributed by atoms with Crippen molar-refractivity contribution in [3.05, 3.63) is 0 Å². The van der Waals surface area contributed by atoms with Crippen molar-refractivity contribution in [2.24, 2.45) is 5.92 Å². The Hall–Kier alpha value is -0.570. The number of carbonyl (C=O) groups is 1. The molecule has 1 saturated heterocycles. The molecule has 1 aliphatic heterocycles. The largest absolute Gasteiger partial charge is 0.339 e. The zero-order valence-corrected chi connectivity index (χ0v) is 10.0. The number of carbonyl (C=O) groups excluding carboxylic acids is 1. The number of nitrogens with zero attached hydrogens (tertiary/aromatic N) is 2. The molecule has 0 aliphatic carbocycles. The van der Waals surface area contributed by atoms with Crippen molar-refractivity contribution in [1.82, 2.24) is 9.80 Å². The first kappa shape index (κ1) is 11.5. The summed E-state index contributed by atoms with van der Waals surface area (Å²) in [6, 6.07) is 0. The maximum atomic E-state index is 11.8. The van der Waals surface area contributed by atoms with E-state index in [1.54, 1.807) is 0 Å². The predicted octanol–water partition coefficient (Wildman–Crippen LogP) is 1.19. The van der Waals surface area contributed by atoms with E-state index < -0.39 is 0 Å². The lowest BCUT2D eigenvalue weighted by molar-refractivity contribution is -0.139. The summed E-state index contributed by atoms with van der Waals surface area (Å²) >= 11 is 0. The fraction of sp³-hybridized carbons (Fsp3) is 0.909. The van der Waals surface area contributed by atoms with E-state index in [1.807, 2.05) is 18.7 Å². The van der Waals surface area contributed by atoms with Gasteiger partial charge in [-0.3, -0.25) is 9.69 Å². The Labute approximate surface area is 87.1 Å². The quantitative estimate of drug-likeness (QED) is 0.632. The molecule has 1 amide bonds. The van der Waals surface area contributed by atoms with Gasteiger partial charge in [-0.15, -0.1) is 0 Å².